The van der Waals surface area contributed by atoms with Gasteiger partial charge in [0.1, 0.15) is 0 Å². The van der Waals surface area contributed by atoms with Gasteiger partial charge in [0, 0.05) is 13.1 Å². The number of para-hydroxylation sites is 1. The average Bonchev–Trinajstić information content (AvgIpc) is 2.89. The smallest absolute Gasteiger partial charge is 0.295 e. The predicted molar refractivity (Wildman–Crippen MR) is 89.2 cm³/mol. The molecule has 1 unspecified atom stereocenters. The first-order valence-corrected chi connectivity index (χ1v) is 8.12. The monoisotopic (exact) mass is 327 g/mol. The van der Waals surface area contributed by atoms with E-state index in [-0.39, 0.29) is 6.54 Å². The largest absolute Gasteiger partial charge is 0.391 e. The molecule has 1 aliphatic rings. The summed E-state index contributed by atoms with van der Waals surface area (Å²) < 4.78 is 1.68. The predicted octanol–water partition coefficient (Wildman–Crippen LogP) is 1.66. The second kappa shape index (κ2) is 6.57. The number of aliphatic hydroxyl groups is 1. The first-order chi connectivity index (χ1) is 11.5. The third-order valence-corrected chi connectivity index (χ3v) is 4.40. The van der Waals surface area contributed by atoms with Crippen molar-refractivity contribution in [3.63, 3.8) is 0 Å². The molecule has 3 rings (SSSR count). The molecule has 2 heterocycles. The summed E-state index contributed by atoms with van der Waals surface area (Å²) in [7, 11) is 0. The second-order valence-electron chi connectivity index (χ2n) is 6.17. The molecule has 1 atom stereocenters. The van der Waals surface area contributed by atoms with Gasteiger partial charge in [-0.15, -0.1) is 0 Å². The summed E-state index contributed by atoms with van der Waals surface area (Å²) in [5.74, 6) is -1.12. The highest BCUT2D eigenvalue weighted by Gasteiger charge is 2.31. The van der Waals surface area contributed by atoms with Crippen molar-refractivity contribution < 1.29 is 14.7 Å². The van der Waals surface area contributed by atoms with E-state index in [0.29, 0.717) is 36.3 Å². The number of rotatable bonds is 3. The van der Waals surface area contributed by atoms with Gasteiger partial charge in [0.15, 0.2) is 0 Å². The Bertz CT molecular complexity index is 767. The first-order valence-electron chi connectivity index (χ1n) is 8.12. The number of amides is 1. The van der Waals surface area contributed by atoms with Gasteiger partial charge in [0.05, 0.1) is 28.7 Å². The molecule has 1 amide bonds. The lowest BCUT2D eigenvalue weighted by Gasteiger charge is -2.29. The molecule has 24 heavy (non-hydrogen) atoms. The van der Waals surface area contributed by atoms with Gasteiger partial charge in [0.25, 0.3) is 11.7 Å². The minimum absolute atomic E-state index is 0.218. The van der Waals surface area contributed by atoms with Crippen LogP contribution in [0.25, 0.3) is 5.69 Å². The number of likely N-dealkylation sites (tertiary alicyclic amines) is 1. The van der Waals surface area contributed by atoms with Gasteiger partial charge < -0.3 is 10.0 Å². The van der Waals surface area contributed by atoms with Crippen LogP contribution in [0.4, 0.5) is 0 Å². The Morgan fingerprint density at radius 3 is 2.58 bits per heavy atom. The number of carbonyl (C=O) groups excluding carboxylic acids is 2. The number of ketones is 1. The van der Waals surface area contributed by atoms with Crippen LogP contribution < -0.4 is 0 Å². The van der Waals surface area contributed by atoms with Crippen LogP contribution in [-0.4, -0.2) is 50.7 Å². The van der Waals surface area contributed by atoms with Gasteiger partial charge in [-0.05, 0) is 38.8 Å². The number of hydrogen-bond donors (Lipinski definition) is 1. The molecule has 6 heteroatoms. The number of Topliss-reactive ketones (excluding diaryl/α,β-unsaturated/α-hetero) is 1. The molecular formula is C18H21N3O3. The molecule has 6 nitrogen and oxygen atoms in total. The van der Waals surface area contributed by atoms with Crippen LogP contribution in [0.15, 0.2) is 30.3 Å². The Kier molecular flexibility index (Phi) is 4.49. The fourth-order valence-electron chi connectivity index (χ4n) is 3.18. The lowest BCUT2D eigenvalue weighted by Crippen LogP contribution is -2.45. The number of nitrogens with zero attached hydrogens (tertiary/aromatic N) is 3. The van der Waals surface area contributed by atoms with Crippen LogP contribution in [0.1, 0.15) is 34.6 Å². The summed E-state index contributed by atoms with van der Waals surface area (Å²) in [6, 6.07) is 9.50. The van der Waals surface area contributed by atoms with Crippen LogP contribution in [0.2, 0.25) is 0 Å². The number of carbonyl (C=O) groups is 2. The maximum absolute atomic E-state index is 12.7. The molecule has 1 fully saturated rings. The minimum atomic E-state index is -0.562. The van der Waals surface area contributed by atoms with Crippen LogP contribution in [0.5, 0.6) is 0 Å². The summed E-state index contributed by atoms with van der Waals surface area (Å²) in [5, 5.41) is 14.1. The average molecular weight is 327 g/mol. The van der Waals surface area contributed by atoms with Gasteiger partial charge >= 0.3 is 0 Å². The zero-order chi connectivity index (χ0) is 17.3. The molecule has 0 spiro atoms. The van der Waals surface area contributed by atoms with E-state index in [2.05, 4.69) is 5.10 Å². The van der Waals surface area contributed by atoms with Crippen molar-refractivity contribution in [2.45, 2.75) is 32.8 Å². The standard InChI is InChI=1S/C18H21N3O3/c1-12-16(13(2)21(19-12)14-7-4-3-5-8-14)17(23)18(24)20-10-6-9-15(22)11-20/h3-5,7-8,15,22H,6,9-11H2,1-2H3. The number of aromatic nitrogens is 2. The molecule has 0 bridgehead atoms. The van der Waals surface area contributed by atoms with E-state index in [4.69, 9.17) is 0 Å². The lowest BCUT2D eigenvalue weighted by molar-refractivity contribution is -0.129. The molecular weight excluding hydrogens is 306 g/mol. The van der Waals surface area contributed by atoms with E-state index in [1.807, 2.05) is 30.3 Å². The number of piperidine rings is 1. The van der Waals surface area contributed by atoms with E-state index in [1.54, 1.807) is 18.5 Å². The Labute approximate surface area is 140 Å². The van der Waals surface area contributed by atoms with Crippen LogP contribution in [0.3, 0.4) is 0 Å². The zero-order valence-corrected chi connectivity index (χ0v) is 13.9. The SMILES string of the molecule is Cc1nn(-c2ccccc2)c(C)c1C(=O)C(=O)N1CCCC(O)C1. The fourth-order valence-corrected chi connectivity index (χ4v) is 3.18. The van der Waals surface area contributed by atoms with Gasteiger partial charge in [-0.25, -0.2) is 4.68 Å². The molecule has 1 aliphatic heterocycles. The first kappa shape index (κ1) is 16.4. The zero-order valence-electron chi connectivity index (χ0n) is 13.9. The minimum Gasteiger partial charge on any atom is -0.391 e. The van der Waals surface area contributed by atoms with Crippen molar-refractivity contribution in [1.82, 2.24) is 14.7 Å². The van der Waals surface area contributed by atoms with Crippen molar-refractivity contribution in [3.05, 3.63) is 47.3 Å². The second-order valence-corrected chi connectivity index (χ2v) is 6.17. The van der Waals surface area contributed by atoms with Gasteiger partial charge in [-0.1, -0.05) is 18.2 Å². The number of hydrogen-bond acceptors (Lipinski definition) is 4. The quantitative estimate of drug-likeness (QED) is 0.687. The summed E-state index contributed by atoms with van der Waals surface area (Å²) in [5.41, 5.74) is 2.38. The highest BCUT2D eigenvalue weighted by molar-refractivity contribution is 6.43. The molecule has 0 radical (unpaired) electrons. The number of benzene rings is 1. The van der Waals surface area contributed by atoms with Crippen molar-refractivity contribution in [2.75, 3.05) is 13.1 Å². The third-order valence-electron chi connectivity index (χ3n) is 4.40. The van der Waals surface area contributed by atoms with Gasteiger partial charge in [0.2, 0.25) is 0 Å². The normalized spacial score (nSPS) is 17.8. The molecule has 0 saturated carbocycles. The Hall–Kier alpha value is -2.47. The molecule has 1 aromatic heterocycles. The van der Waals surface area contributed by atoms with E-state index >= 15 is 0 Å². The van der Waals surface area contributed by atoms with Crippen molar-refractivity contribution in [2.24, 2.45) is 0 Å². The topological polar surface area (TPSA) is 75.4 Å². The molecule has 1 aromatic carbocycles. The van der Waals surface area contributed by atoms with Gasteiger partial charge in [-0.3, -0.25) is 9.59 Å². The molecule has 2 aromatic rings. The van der Waals surface area contributed by atoms with Crippen molar-refractivity contribution in [1.29, 1.82) is 0 Å². The van der Waals surface area contributed by atoms with E-state index in [9.17, 15) is 14.7 Å². The summed E-state index contributed by atoms with van der Waals surface area (Å²) in [6.07, 6.45) is 0.827. The maximum atomic E-state index is 12.7. The van der Waals surface area contributed by atoms with E-state index in [1.165, 1.54) is 4.90 Å². The molecule has 1 saturated heterocycles. The van der Waals surface area contributed by atoms with Crippen LogP contribution in [0, 0.1) is 13.8 Å². The van der Waals surface area contributed by atoms with Crippen LogP contribution in [-0.2, 0) is 4.79 Å². The highest BCUT2D eigenvalue weighted by Crippen LogP contribution is 2.20. The number of aliphatic hydroxyl groups excluding tert-OH is 1. The van der Waals surface area contributed by atoms with Gasteiger partial charge in [-0.2, -0.15) is 5.10 Å². The third kappa shape index (κ3) is 2.97. The van der Waals surface area contributed by atoms with E-state index < -0.39 is 17.8 Å². The highest BCUT2D eigenvalue weighted by atomic mass is 16.3. The molecule has 1 N–H and O–H groups in total. The summed E-state index contributed by atoms with van der Waals surface area (Å²) >= 11 is 0. The maximum Gasteiger partial charge on any atom is 0.295 e. The summed E-state index contributed by atoms with van der Waals surface area (Å²) in [6.45, 7) is 4.25. The Balaban J connectivity index is 1.90. The van der Waals surface area contributed by atoms with Crippen LogP contribution >= 0.6 is 0 Å². The summed E-state index contributed by atoms with van der Waals surface area (Å²) in [4.78, 5) is 26.7. The Morgan fingerprint density at radius 2 is 1.92 bits per heavy atom. The van der Waals surface area contributed by atoms with E-state index in [0.717, 1.165) is 5.69 Å². The number of aryl methyl sites for hydroxylation is 1. The molecule has 126 valence electrons. The number of β-amino-alcohol motifs (C(OH)–C–C–N with tert-alkyl or cyclic N) is 1. The Morgan fingerprint density at radius 1 is 1.21 bits per heavy atom. The van der Waals surface area contributed by atoms with Crippen molar-refractivity contribution >= 4 is 11.7 Å². The molecule has 0 aliphatic carbocycles. The fraction of sp³-hybridized carbons (Fsp3) is 0.389. The lowest BCUT2D eigenvalue weighted by atomic mass is 10.0. The van der Waals surface area contributed by atoms with Crippen molar-refractivity contribution in [3.8, 4) is 5.69 Å².